The number of hydrogen-bond acceptors (Lipinski definition) is 5. The Morgan fingerprint density at radius 3 is 2.60 bits per heavy atom. The van der Waals surface area contributed by atoms with Crippen LogP contribution in [0.5, 0.6) is 0 Å². The molecule has 1 aromatic rings. The van der Waals surface area contributed by atoms with Gasteiger partial charge in [-0.1, -0.05) is 23.9 Å². The van der Waals surface area contributed by atoms with Crippen LogP contribution >= 0.6 is 27.7 Å². The van der Waals surface area contributed by atoms with Crippen LogP contribution in [0.25, 0.3) is 0 Å². The van der Waals surface area contributed by atoms with Gasteiger partial charge in [0.15, 0.2) is 0 Å². The predicted molar refractivity (Wildman–Crippen MR) is 78.9 cm³/mol. The van der Waals surface area contributed by atoms with Crippen molar-refractivity contribution < 1.29 is 18.0 Å². The zero-order valence-corrected chi connectivity index (χ0v) is 13.4. The molecular weight excluding hydrogens is 368 g/mol. The van der Waals surface area contributed by atoms with Crippen LogP contribution in [0.15, 0.2) is 33.6 Å². The molecule has 1 saturated heterocycles. The lowest BCUT2D eigenvalue weighted by Gasteiger charge is -2.13. The highest BCUT2D eigenvalue weighted by Crippen LogP contribution is 2.21. The molecule has 0 bridgehead atoms. The number of nitrogens with one attached hydrogen (secondary N) is 1. The first-order chi connectivity index (χ1) is 9.42. The molecule has 2 amide bonds. The van der Waals surface area contributed by atoms with E-state index < -0.39 is 10.0 Å². The average Bonchev–Trinajstić information content (AvgIpc) is 2.70. The first kappa shape index (κ1) is 15.5. The number of carbonyl (C=O) groups is 2. The highest BCUT2D eigenvalue weighted by molar-refractivity contribution is 9.10. The summed E-state index contributed by atoms with van der Waals surface area (Å²) in [5.41, 5.74) is 0. The molecule has 0 aromatic heterocycles. The summed E-state index contributed by atoms with van der Waals surface area (Å²) in [5.74, 6) is -0.171. The van der Waals surface area contributed by atoms with E-state index in [-0.39, 0.29) is 34.9 Å². The van der Waals surface area contributed by atoms with Gasteiger partial charge in [-0.15, -0.1) is 0 Å². The Hall–Kier alpha value is -0.900. The van der Waals surface area contributed by atoms with E-state index in [4.69, 9.17) is 0 Å². The lowest BCUT2D eigenvalue weighted by atomic mass is 10.4. The maximum atomic E-state index is 12.1. The van der Waals surface area contributed by atoms with Crippen molar-refractivity contribution in [3.8, 4) is 0 Å². The molecule has 6 nitrogen and oxygen atoms in total. The van der Waals surface area contributed by atoms with Crippen LogP contribution in [0.3, 0.4) is 0 Å². The molecule has 9 heteroatoms. The van der Waals surface area contributed by atoms with E-state index in [0.29, 0.717) is 4.47 Å². The van der Waals surface area contributed by atoms with Crippen molar-refractivity contribution >= 4 is 48.9 Å². The van der Waals surface area contributed by atoms with Crippen LogP contribution < -0.4 is 4.72 Å². The number of benzene rings is 1. The lowest BCUT2D eigenvalue weighted by Crippen LogP contribution is -2.37. The minimum Gasteiger partial charge on any atom is -0.273 e. The number of sulfonamides is 1. The van der Waals surface area contributed by atoms with E-state index in [1.54, 1.807) is 18.2 Å². The molecule has 1 aromatic carbocycles. The van der Waals surface area contributed by atoms with Crippen molar-refractivity contribution in [2.24, 2.45) is 0 Å². The fraction of sp³-hybridized carbons (Fsp3) is 0.273. The van der Waals surface area contributed by atoms with Gasteiger partial charge in [0, 0.05) is 17.6 Å². The van der Waals surface area contributed by atoms with E-state index >= 15 is 0 Å². The van der Waals surface area contributed by atoms with Gasteiger partial charge in [-0.3, -0.25) is 14.5 Å². The number of rotatable bonds is 5. The second-order valence-electron chi connectivity index (χ2n) is 3.93. The SMILES string of the molecule is O=C1CSC(=O)N1CCNS(=O)(=O)c1ccccc1Br. The predicted octanol–water partition coefficient (Wildman–Crippen LogP) is 1.42. The summed E-state index contributed by atoms with van der Waals surface area (Å²) in [6.07, 6.45) is 0. The minimum atomic E-state index is -3.67. The molecule has 1 aliphatic rings. The molecule has 0 radical (unpaired) electrons. The molecule has 108 valence electrons. The van der Waals surface area contributed by atoms with E-state index in [0.717, 1.165) is 16.7 Å². The zero-order chi connectivity index (χ0) is 14.8. The summed E-state index contributed by atoms with van der Waals surface area (Å²) in [5, 5.41) is -0.338. The van der Waals surface area contributed by atoms with E-state index in [9.17, 15) is 18.0 Å². The van der Waals surface area contributed by atoms with E-state index in [2.05, 4.69) is 20.7 Å². The third-order valence-electron chi connectivity index (χ3n) is 2.59. The highest BCUT2D eigenvalue weighted by atomic mass is 79.9. The van der Waals surface area contributed by atoms with Crippen molar-refractivity contribution in [1.82, 2.24) is 9.62 Å². The highest BCUT2D eigenvalue weighted by Gasteiger charge is 2.29. The van der Waals surface area contributed by atoms with Crippen LogP contribution in [0.1, 0.15) is 0 Å². The topological polar surface area (TPSA) is 83.6 Å². The number of carbonyl (C=O) groups excluding carboxylic acids is 2. The monoisotopic (exact) mass is 378 g/mol. The van der Waals surface area contributed by atoms with Gasteiger partial charge in [0.2, 0.25) is 15.9 Å². The second kappa shape index (κ2) is 6.25. The fourth-order valence-corrected chi connectivity index (χ4v) is 4.40. The summed E-state index contributed by atoms with van der Waals surface area (Å²) >= 11 is 4.09. The maximum absolute atomic E-state index is 12.1. The molecule has 1 aliphatic heterocycles. The van der Waals surface area contributed by atoms with Gasteiger partial charge in [0.1, 0.15) is 0 Å². The van der Waals surface area contributed by atoms with Crippen molar-refractivity contribution in [2.75, 3.05) is 18.8 Å². The summed E-state index contributed by atoms with van der Waals surface area (Å²) in [4.78, 5) is 23.9. The van der Waals surface area contributed by atoms with Gasteiger partial charge >= 0.3 is 0 Å². The number of halogens is 1. The van der Waals surface area contributed by atoms with Gasteiger partial charge in [0.25, 0.3) is 5.24 Å². The minimum absolute atomic E-state index is 0.0122. The normalized spacial score (nSPS) is 15.9. The van der Waals surface area contributed by atoms with Gasteiger partial charge in [0.05, 0.1) is 10.6 Å². The molecule has 0 aliphatic carbocycles. The summed E-state index contributed by atoms with van der Waals surface area (Å²) in [7, 11) is -3.67. The summed E-state index contributed by atoms with van der Waals surface area (Å²) in [6, 6.07) is 6.42. The van der Waals surface area contributed by atoms with Crippen LogP contribution in [-0.4, -0.2) is 43.3 Å². The Morgan fingerprint density at radius 2 is 2.00 bits per heavy atom. The molecule has 1 heterocycles. The molecule has 0 unspecified atom stereocenters. The largest absolute Gasteiger partial charge is 0.288 e. The smallest absolute Gasteiger partial charge is 0.273 e. The second-order valence-corrected chi connectivity index (χ2v) is 7.44. The Labute approximate surface area is 129 Å². The van der Waals surface area contributed by atoms with Crippen molar-refractivity contribution in [2.45, 2.75) is 4.90 Å². The molecule has 0 spiro atoms. The van der Waals surface area contributed by atoms with Gasteiger partial charge < -0.3 is 0 Å². The third-order valence-corrected chi connectivity index (χ3v) is 5.93. The first-order valence-corrected chi connectivity index (χ1v) is 8.89. The van der Waals surface area contributed by atoms with Crippen LogP contribution in [0.4, 0.5) is 4.79 Å². The van der Waals surface area contributed by atoms with Gasteiger partial charge in [-0.25, -0.2) is 13.1 Å². The van der Waals surface area contributed by atoms with Crippen LogP contribution in [0, 0.1) is 0 Å². The number of amides is 2. The van der Waals surface area contributed by atoms with Gasteiger partial charge in [-0.05, 0) is 28.1 Å². The Balaban J connectivity index is 1.99. The Morgan fingerprint density at radius 1 is 1.30 bits per heavy atom. The molecular formula is C11H11BrN2O4S2. The number of nitrogens with zero attached hydrogens (tertiary/aromatic N) is 1. The van der Waals surface area contributed by atoms with E-state index in [1.165, 1.54) is 6.07 Å². The van der Waals surface area contributed by atoms with Crippen molar-refractivity contribution in [3.63, 3.8) is 0 Å². The number of imide groups is 1. The van der Waals surface area contributed by atoms with Gasteiger partial charge in [-0.2, -0.15) is 0 Å². The summed E-state index contributed by atoms with van der Waals surface area (Å²) < 4.78 is 26.9. The quantitative estimate of drug-likeness (QED) is 0.837. The number of thioether (sulfide) groups is 1. The lowest BCUT2D eigenvalue weighted by molar-refractivity contribution is -0.124. The average molecular weight is 379 g/mol. The molecule has 1 fully saturated rings. The summed E-state index contributed by atoms with van der Waals surface area (Å²) in [6.45, 7) is 0.0239. The Bertz CT molecular complexity index is 632. The molecule has 20 heavy (non-hydrogen) atoms. The maximum Gasteiger partial charge on any atom is 0.288 e. The Kier molecular flexibility index (Phi) is 4.84. The first-order valence-electron chi connectivity index (χ1n) is 5.63. The van der Waals surface area contributed by atoms with Crippen molar-refractivity contribution in [3.05, 3.63) is 28.7 Å². The third kappa shape index (κ3) is 3.40. The molecule has 0 atom stereocenters. The van der Waals surface area contributed by atoms with Crippen LogP contribution in [-0.2, 0) is 14.8 Å². The molecule has 0 saturated carbocycles. The van der Waals surface area contributed by atoms with Crippen LogP contribution in [0.2, 0.25) is 0 Å². The number of hydrogen-bond donors (Lipinski definition) is 1. The standard InChI is InChI=1S/C11H11BrN2O4S2/c12-8-3-1-2-4-9(8)20(17,18)13-5-6-14-10(15)7-19-11(14)16/h1-4,13H,5-7H2. The fourth-order valence-electron chi connectivity index (χ4n) is 1.63. The van der Waals surface area contributed by atoms with Crippen molar-refractivity contribution in [1.29, 1.82) is 0 Å². The zero-order valence-electron chi connectivity index (χ0n) is 10.2. The molecule has 2 rings (SSSR count). The van der Waals surface area contributed by atoms with E-state index in [1.807, 2.05) is 0 Å². The molecule has 1 N–H and O–H groups in total.